The first-order valence-electron chi connectivity index (χ1n) is 2.37. The molecule has 0 bridgehead atoms. The van der Waals surface area contributed by atoms with Crippen LogP contribution in [0.15, 0.2) is 12.7 Å². The molecule has 0 radical (unpaired) electrons. The summed E-state index contributed by atoms with van der Waals surface area (Å²) in [5.74, 6) is 0. The molecule has 0 atom stereocenters. The van der Waals surface area contributed by atoms with E-state index in [0.29, 0.717) is 13.6 Å². The van der Waals surface area contributed by atoms with Crippen molar-refractivity contribution in [1.29, 1.82) is 0 Å². The van der Waals surface area contributed by atoms with Gasteiger partial charge in [0.2, 0.25) is 0 Å². The molecule has 1 saturated heterocycles. The average Bonchev–Trinajstić information content (AvgIpc) is 1.90. The molecule has 0 spiro atoms. The van der Waals surface area contributed by atoms with Crippen molar-refractivity contribution < 1.29 is 14.2 Å². The van der Waals surface area contributed by atoms with E-state index in [0.717, 1.165) is 0 Å². The summed E-state index contributed by atoms with van der Waals surface area (Å²) in [6.07, 6.45) is 1.31. The van der Waals surface area contributed by atoms with Crippen molar-refractivity contribution in [3.05, 3.63) is 12.7 Å². The van der Waals surface area contributed by atoms with Crippen molar-refractivity contribution in [3.8, 4) is 0 Å². The van der Waals surface area contributed by atoms with Crippen LogP contribution in [0.2, 0.25) is 0 Å². The van der Waals surface area contributed by atoms with E-state index in [1.165, 1.54) is 0 Å². The third kappa shape index (κ3) is 1.30. The van der Waals surface area contributed by atoms with Crippen LogP contribution >= 0.6 is 0 Å². The fourth-order valence-electron chi connectivity index (χ4n) is 0.449. The summed E-state index contributed by atoms with van der Waals surface area (Å²) in [4.78, 5) is 0. The molecular weight excluding hydrogens is 108 g/mol. The standard InChI is InChI=1S/C5H8O3/c1-2-5-7-3-6-4-8-5/h2,5H,1,3-4H2. The van der Waals surface area contributed by atoms with Crippen molar-refractivity contribution >= 4 is 0 Å². The van der Waals surface area contributed by atoms with Gasteiger partial charge in [-0.3, -0.25) is 0 Å². The van der Waals surface area contributed by atoms with Gasteiger partial charge in [0.15, 0.2) is 19.9 Å². The molecule has 0 aliphatic carbocycles. The molecule has 0 N–H and O–H groups in total. The minimum absolute atomic E-state index is 0.274. The Hall–Kier alpha value is -0.380. The zero-order chi connectivity index (χ0) is 5.82. The van der Waals surface area contributed by atoms with E-state index < -0.39 is 0 Å². The van der Waals surface area contributed by atoms with Crippen LogP contribution in [-0.4, -0.2) is 19.9 Å². The Morgan fingerprint density at radius 2 is 2.00 bits per heavy atom. The Labute approximate surface area is 47.8 Å². The van der Waals surface area contributed by atoms with Gasteiger partial charge >= 0.3 is 0 Å². The van der Waals surface area contributed by atoms with Crippen LogP contribution in [0.3, 0.4) is 0 Å². The van der Waals surface area contributed by atoms with Gasteiger partial charge in [-0.25, -0.2) is 0 Å². The Balaban J connectivity index is 2.22. The van der Waals surface area contributed by atoms with E-state index in [1.54, 1.807) is 6.08 Å². The molecule has 0 aromatic heterocycles. The quantitative estimate of drug-likeness (QED) is 0.466. The van der Waals surface area contributed by atoms with Gasteiger partial charge < -0.3 is 14.2 Å². The molecule has 1 rings (SSSR count). The molecule has 3 heteroatoms. The van der Waals surface area contributed by atoms with Crippen molar-refractivity contribution in [3.63, 3.8) is 0 Å². The number of hydrogen-bond acceptors (Lipinski definition) is 3. The summed E-state index contributed by atoms with van der Waals surface area (Å²) in [6, 6.07) is 0. The van der Waals surface area contributed by atoms with E-state index in [1.807, 2.05) is 0 Å². The fourth-order valence-corrected chi connectivity index (χ4v) is 0.449. The van der Waals surface area contributed by atoms with E-state index in [2.05, 4.69) is 6.58 Å². The molecule has 3 nitrogen and oxygen atoms in total. The van der Waals surface area contributed by atoms with Gasteiger partial charge in [-0.05, 0) is 6.08 Å². The van der Waals surface area contributed by atoms with Gasteiger partial charge in [-0.1, -0.05) is 6.58 Å². The zero-order valence-corrected chi connectivity index (χ0v) is 4.50. The van der Waals surface area contributed by atoms with Crippen molar-refractivity contribution in [2.24, 2.45) is 0 Å². The Bertz CT molecular complexity index is 75.7. The maximum absolute atomic E-state index is 4.86. The second kappa shape index (κ2) is 2.81. The lowest BCUT2D eigenvalue weighted by molar-refractivity contribution is -0.280. The molecule has 0 saturated carbocycles. The SMILES string of the molecule is C=CC1OCOCO1. The zero-order valence-electron chi connectivity index (χ0n) is 4.50. The van der Waals surface area contributed by atoms with E-state index in [4.69, 9.17) is 14.2 Å². The van der Waals surface area contributed by atoms with Gasteiger partial charge in [-0.15, -0.1) is 0 Å². The molecule has 1 fully saturated rings. The second-order valence-corrected chi connectivity index (χ2v) is 1.38. The lowest BCUT2D eigenvalue weighted by atomic mass is 10.6. The van der Waals surface area contributed by atoms with Gasteiger partial charge in [0.1, 0.15) is 0 Å². The van der Waals surface area contributed by atoms with Crippen molar-refractivity contribution in [2.75, 3.05) is 13.6 Å². The lowest BCUT2D eigenvalue weighted by Crippen LogP contribution is -2.24. The summed E-state index contributed by atoms with van der Waals surface area (Å²) >= 11 is 0. The molecule has 46 valence electrons. The van der Waals surface area contributed by atoms with Crippen LogP contribution in [-0.2, 0) is 14.2 Å². The molecule has 0 amide bonds. The van der Waals surface area contributed by atoms with Crippen LogP contribution in [0.25, 0.3) is 0 Å². The first-order valence-corrected chi connectivity index (χ1v) is 2.37. The average molecular weight is 116 g/mol. The summed E-state index contributed by atoms with van der Waals surface area (Å²) in [6.45, 7) is 4.08. The molecule has 0 unspecified atom stereocenters. The first-order chi connectivity index (χ1) is 3.93. The lowest BCUT2D eigenvalue weighted by Gasteiger charge is -2.19. The van der Waals surface area contributed by atoms with Crippen LogP contribution in [0.5, 0.6) is 0 Å². The van der Waals surface area contributed by atoms with Crippen molar-refractivity contribution in [2.45, 2.75) is 6.29 Å². The molecule has 0 aromatic carbocycles. The van der Waals surface area contributed by atoms with Crippen LogP contribution in [0.4, 0.5) is 0 Å². The third-order valence-electron chi connectivity index (χ3n) is 0.824. The van der Waals surface area contributed by atoms with Gasteiger partial charge in [0, 0.05) is 0 Å². The summed E-state index contributed by atoms with van der Waals surface area (Å²) in [7, 11) is 0. The van der Waals surface area contributed by atoms with Gasteiger partial charge in [-0.2, -0.15) is 0 Å². The summed E-state index contributed by atoms with van der Waals surface area (Å²) < 4.78 is 14.4. The number of ether oxygens (including phenoxy) is 3. The minimum atomic E-state index is -0.274. The topological polar surface area (TPSA) is 27.7 Å². The minimum Gasteiger partial charge on any atom is -0.329 e. The second-order valence-electron chi connectivity index (χ2n) is 1.38. The molecule has 8 heavy (non-hydrogen) atoms. The molecular formula is C5H8O3. The van der Waals surface area contributed by atoms with Crippen molar-refractivity contribution in [1.82, 2.24) is 0 Å². The number of hydrogen-bond donors (Lipinski definition) is 0. The highest BCUT2D eigenvalue weighted by molar-refractivity contribution is 4.71. The molecule has 0 aromatic rings. The fraction of sp³-hybridized carbons (Fsp3) is 0.600. The molecule has 1 heterocycles. The van der Waals surface area contributed by atoms with Crippen LogP contribution < -0.4 is 0 Å². The highest BCUT2D eigenvalue weighted by Gasteiger charge is 2.08. The van der Waals surface area contributed by atoms with E-state index in [-0.39, 0.29) is 6.29 Å². The highest BCUT2D eigenvalue weighted by atomic mass is 16.8. The first kappa shape index (κ1) is 5.75. The summed E-state index contributed by atoms with van der Waals surface area (Å²) in [5.41, 5.74) is 0. The highest BCUT2D eigenvalue weighted by Crippen LogP contribution is 2.01. The molecule has 1 aliphatic rings. The molecule has 1 aliphatic heterocycles. The third-order valence-corrected chi connectivity index (χ3v) is 0.824. The Morgan fingerprint density at radius 1 is 1.38 bits per heavy atom. The van der Waals surface area contributed by atoms with E-state index >= 15 is 0 Å². The van der Waals surface area contributed by atoms with Gasteiger partial charge in [0.25, 0.3) is 0 Å². The Kier molecular flexibility index (Phi) is 2.02. The van der Waals surface area contributed by atoms with Crippen LogP contribution in [0.1, 0.15) is 0 Å². The predicted molar refractivity (Wildman–Crippen MR) is 27.0 cm³/mol. The summed E-state index contributed by atoms with van der Waals surface area (Å²) in [5, 5.41) is 0. The van der Waals surface area contributed by atoms with Crippen LogP contribution in [0, 0.1) is 0 Å². The maximum Gasteiger partial charge on any atom is 0.182 e. The monoisotopic (exact) mass is 116 g/mol. The Morgan fingerprint density at radius 3 is 2.38 bits per heavy atom. The predicted octanol–water partition coefficient (Wildman–Crippen LogP) is 0.477. The maximum atomic E-state index is 4.86. The van der Waals surface area contributed by atoms with Gasteiger partial charge in [0.05, 0.1) is 0 Å². The normalized spacial score (nSPS) is 23.0. The number of rotatable bonds is 1. The smallest absolute Gasteiger partial charge is 0.182 e. The van der Waals surface area contributed by atoms with E-state index in [9.17, 15) is 0 Å². The largest absolute Gasteiger partial charge is 0.329 e.